The van der Waals surface area contributed by atoms with Gasteiger partial charge in [-0.1, -0.05) is 151 Å². The Morgan fingerprint density at radius 3 is 1.51 bits per heavy atom. The summed E-state index contributed by atoms with van der Waals surface area (Å²) in [5, 5.41) is 7.22. The molecule has 0 bridgehead atoms. The van der Waals surface area contributed by atoms with Crippen LogP contribution < -0.4 is 21.2 Å². The van der Waals surface area contributed by atoms with Gasteiger partial charge >= 0.3 is 0 Å². The van der Waals surface area contributed by atoms with Gasteiger partial charge in [-0.3, -0.25) is 0 Å². The van der Waals surface area contributed by atoms with Crippen LogP contribution in [0.3, 0.4) is 0 Å². The molecule has 0 saturated carbocycles. The highest BCUT2D eigenvalue weighted by Crippen LogP contribution is 2.49. The predicted molar refractivity (Wildman–Crippen MR) is 157 cm³/mol. The van der Waals surface area contributed by atoms with E-state index in [1.54, 1.807) is 0 Å². The average molecular weight is 489 g/mol. The molecule has 0 fully saturated rings. The lowest BCUT2D eigenvalue weighted by Gasteiger charge is -2.25. The van der Waals surface area contributed by atoms with Gasteiger partial charge in [0.25, 0.3) is 0 Å². The summed E-state index contributed by atoms with van der Waals surface area (Å²) in [4.78, 5) is 0. The van der Waals surface area contributed by atoms with Crippen molar-refractivity contribution in [3.05, 3.63) is 157 Å². The quantitative estimate of drug-likeness (QED) is 0.181. The van der Waals surface area contributed by atoms with E-state index >= 15 is 0 Å². The van der Waals surface area contributed by atoms with E-state index in [2.05, 4.69) is 153 Å². The molecule has 0 aliphatic heterocycles. The van der Waals surface area contributed by atoms with Gasteiger partial charge in [0.15, 0.2) is 0 Å². The third kappa shape index (κ3) is 5.79. The zero-order valence-electron chi connectivity index (χ0n) is 20.0. The van der Waals surface area contributed by atoms with Crippen molar-refractivity contribution < 1.29 is 0 Å². The molecule has 2 heteroatoms. The van der Waals surface area contributed by atoms with Crippen molar-refractivity contribution in [3.63, 3.8) is 0 Å². The zero-order valence-corrected chi connectivity index (χ0v) is 21.8. The molecule has 172 valence electrons. The fraction of sp³-hybridized carbons (Fsp3) is 0.0909. The van der Waals surface area contributed by atoms with E-state index in [0.717, 1.165) is 6.16 Å². The first-order valence-corrected chi connectivity index (χ1v) is 15.0. The second-order valence-electron chi connectivity index (χ2n) is 8.78. The molecule has 0 nitrogen and oxygen atoms in total. The maximum atomic E-state index is 2.51. The molecule has 1 aliphatic rings. The van der Waals surface area contributed by atoms with Gasteiger partial charge in [0, 0.05) is 5.92 Å². The van der Waals surface area contributed by atoms with Crippen LogP contribution in [0.15, 0.2) is 157 Å². The summed E-state index contributed by atoms with van der Waals surface area (Å²) >= 11 is 0. The Hall–Kier alpha value is -3.04. The molecule has 0 saturated heterocycles. The number of allylic oxidation sites excluding steroid dienone is 6. The number of rotatable bonds is 8. The van der Waals surface area contributed by atoms with E-state index < -0.39 is 15.8 Å². The van der Waals surface area contributed by atoms with Gasteiger partial charge in [0.1, 0.15) is 0 Å². The van der Waals surface area contributed by atoms with E-state index in [0.29, 0.717) is 5.92 Å². The third-order valence-corrected chi connectivity index (χ3v) is 11.5. The van der Waals surface area contributed by atoms with Gasteiger partial charge in [-0.2, -0.15) is 0 Å². The molecule has 4 aromatic rings. The van der Waals surface area contributed by atoms with Gasteiger partial charge in [0.05, 0.1) is 0 Å². The molecule has 0 radical (unpaired) electrons. The minimum Gasteiger partial charge on any atom is -0.0739 e. The highest BCUT2D eigenvalue weighted by Gasteiger charge is 2.25. The first-order chi connectivity index (χ1) is 17.3. The van der Waals surface area contributed by atoms with Crippen molar-refractivity contribution in [3.8, 4) is 0 Å². The predicted octanol–water partition coefficient (Wildman–Crippen LogP) is 7.27. The largest absolute Gasteiger partial charge is 0.0739 e. The van der Waals surface area contributed by atoms with Crippen molar-refractivity contribution in [2.45, 2.75) is 6.92 Å². The van der Waals surface area contributed by atoms with Crippen LogP contribution in [-0.2, 0) is 0 Å². The van der Waals surface area contributed by atoms with Crippen LogP contribution in [0.25, 0.3) is 0 Å². The van der Waals surface area contributed by atoms with Crippen LogP contribution in [-0.4, -0.2) is 6.16 Å². The first-order valence-electron chi connectivity index (χ1n) is 12.1. The van der Waals surface area contributed by atoms with E-state index in [1.807, 2.05) is 0 Å². The topological polar surface area (TPSA) is 0 Å². The fourth-order valence-electron chi connectivity index (χ4n) is 4.61. The summed E-state index contributed by atoms with van der Waals surface area (Å²) in [5.41, 5.74) is 1.46. The van der Waals surface area contributed by atoms with Crippen molar-refractivity contribution in [2.75, 3.05) is 6.16 Å². The van der Waals surface area contributed by atoms with Crippen molar-refractivity contribution >= 4 is 37.1 Å². The molecule has 1 atom stereocenters. The highest BCUT2D eigenvalue weighted by atomic mass is 31.1. The van der Waals surface area contributed by atoms with Crippen molar-refractivity contribution in [1.82, 2.24) is 0 Å². The molecule has 1 unspecified atom stereocenters. The summed E-state index contributed by atoms with van der Waals surface area (Å²) in [6, 6.07) is 44.1. The Bertz CT molecular complexity index is 1230. The van der Waals surface area contributed by atoms with E-state index in [9.17, 15) is 0 Å². The van der Waals surface area contributed by atoms with Crippen LogP contribution in [0.5, 0.6) is 0 Å². The van der Waals surface area contributed by atoms with E-state index in [-0.39, 0.29) is 0 Å². The Kier molecular flexibility index (Phi) is 7.85. The molecular formula is C33H30P2. The maximum Gasteiger partial charge on any atom is 0.0215 e. The van der Waals surface area contributed by atoms with Gasteiger partial charge in [-0.05, 0) is 55.5 Å². The van der Waals surface area contributed by atoms with E-state index in [4.69, 9.17) is 0 Å². The minimum atomic E-state index is -0.571. The lowest BCUT2D eigenvalue weighted by molar-refractivity contribution is 1.04. The van der Waals surface area contributed by atoms with Crippen LogP contribution in [0.1, 0.15) is 6.92 Å². The lowest BCUT2D eigenvalue weighted by Crippen LogP contribution is -2.16. The third-order valence-electron chi connectivity index (χ3n) is 6.22. The molecule has 5 rings (SSSR count). The van der Waals surface area contributed by atoms with Gasteiger partial charge in [-0.25, -0.2) is 0 Å². The molecule has 1 aliphatic carbocycles. The van der Waals surface area contributed by atoms with Crippen LogP contribution >= 0.6 is 15.8 Å². The monoisotopic (exact) mass is 488 g/mol. The van der Waals surface area contributed by atoms with Crippen molar-refractivity contribution in [2.24, 2.45) is 5.92 Å². The molecule has 0 amide bonds. The molecule has 0 aromatic heterocycles. The molecule has 0 heterocycles. The Labute approximate surface area is 212 Å². The SMILES string of the molecule is C/C(=C\C1C=CC=C1P(c1ccccc1)c1ccccc1)CP(c1ccccc1)c1ccccc1. The first kappa shape index (κ1) is 23.7. The van der Waals surface area contributed by atoms with E-state index in [1.165, 1.54) is 32.1 Å². The van der Waals surface area contributed by atoms with Crippen molar-refractivity contribution in [1.29, 1.82) is 0 Å². The Morgan fingerprint density at radius 1 is 0.629 bits per heavy atom. The zero-order chi connectivity index (χ0) is 23.9. The molecular weight excluding hydrogens is 458 g/mol. The molecule has 0 N–H and O–H groups in total. The molecule has 4 aromatic carbocycles. The summed E-state index contributed by atoms with van der Waals surface area (Å²) in [5.74, 6) is 0.338. The fourth-order valence-corrected chi connectivity index (χ4v) is 9.47. The number of hydrogen-bond donors (Lipinski definition) is 0. The molecule has 0 spiro atoms. The smallest absolute Gasteiger partial charge is 0.0215 e. The molecule has 35 heavy (non-hydrogen) atoms. The second kappa shape index (κ2) is 11.6. The normalized spacial score (nSPS) is 15.6. The summed E-state index contributed by atoms with van der Waals surface area (Å²) < 4.78 is 0. The minimum absolute atomic E-state index is 0.338. The van der Waals surface area contributed by atoms with Gasteiger partial charge < -0.3 is 0 Å². The van der Waals surface area contributed by atoms with Gasteiger partial charge in [-0.15, -0.1) is 0 Å². The average Bonchev–Trinajstić information content (AvgIpc) is 3.37. The van der Waals surface area contributed by atoms with Crippen LogP contribution in [0.2, 0.25) is 0 Å². The van der Waals surface area contributed by atoms with Crippen LogP contribution in [0.4, 0.5) is 0 Å². The lowest BCUT2D eigenvalue weighted by atomic mass is 10.1. The second-order valence-corrected chi connectivity index (χ2v) is 13.2. The summed E-state index contributed by atoms with van der Waals surface area (Å²) in [7, 11) is -1.00. The van der Waals surface area contributed by atoms with Gasteiger partial charge in [0.2, 0.25) is 0 Å². The highest BCUT2D eigenvalue weighted by molar-refractivity contribution is 7.76. The maximum absolute atomic E-state index is 2.51. The standard InChI is InChI=1S/C33H30P2/c1-27(26-34(29-16-6-2-7-17-29)30-18-8-3-9-19-30)25-28-15-14-24-33(28)35(31-20-10-4-11-21-31)32-22-12-5-13-23-32/h2-25,28H,26H2,1H3/b27-25+. The summed E-state index contributed by atoms with van der Waals surface area (Å²) in [6.07, 6.45) is 10.6. The Balaban J connectivity index is 1.45. The Morgan fingerprint density at radius 2 is 1.06 bits per heavy atom. The number of hydrogen-bond acceptors (Lipinski definition) is 0. The number of benzene rings is 4. The summed E-state index contributed by atoms with van der Waals surface area (Å²) in [6.45, 7) is 2.32. The van der Waals surface area contributed by atoms with Crippen LogP contribution in [0, 0.1) is 5.92 Å².